The molecule has 0 aromatic heterocycles. The van der Waals surface area contributed by atoms with Crippen LogP contribution in [0.15, 0.2) is 0 Å². The lowest BCUT2D eigenvalue weighted by Crippen LogP contribution is -2.45. The topological polar surface area (TPSA) is 41.5 Å². The molecule has 0 spiro atoms. The molecule has 1 heterocycles. The van der Waals surface area contributed by atoms with E-state index >= 15 is 0 Å². The van der Waals surface area contributed by atoms with Gasteiger partial charge in [0.05, 0.1) is 12.7 Å². The second kappa shape index (κ2) is 5.69. The molecule has 0 aromatic carbocycles. The molecule has 14 heavy (non-hydrogen) atoms. The fourth-order valence-corrected chi connectivity index (χ4v) is 1.69. The normalized spacial score (nSPS) is 30.6. The first-order valence-corrected chi connectivity index (χ1v) is 5.60. The van der Waals surface area contributed by atoms with Gasteiger partial charge in [-0.3, -0.25) is 0 Å². The van der Waals surface area contributed by atoms with Crippen LogP contribution in [0, 0.1) is 11.8 Å². The van der Waals surface area contributed by atoms with Gasteiger partial charge in [-0.15, -0.1) is 0 Å². The highest BCUT2D eigenvalue weighted by atomic mass is 16.5. The molecular formula is C11H23NO2. The minimum atomic E-state index is -0.231. The molecule has 0 bridgehead atoms. The summed E-state index contributed by atoms with van der Waals surface area (Å²) in [6.45, 7) is 8.67. The van der Waals surface area contributed by atoms with Gasteiger partial charge in [0.1, 0.15) is 0 Å². The van der Waals surface area contributed by atoms with Crippen LogP contribution in [0.25, 0.3) is 0 Å². The van der Waals surface area contributed by atoms with Crippen molar-refractivity contribution in [2.75, 3.05) is 19.8 Å². The third-order valence-corrected chi connectivity index (χ3v) is 3.00. The lowest BCUT2D eigenvalue weighted by atomic mass is 9.97. The molecule has 3 unspecified atom stereocenters. The van der Waals surface area contributed by atoms with E-state index in [4.69, 9.17) is 4.74 Å². The summed E-state index contributed by atoms with van der Waals surface area (Å²) in [6.07, 6.45) is 0.830. The van der Waals surface area contributed by atoms with Crippen molar-refractivity contribution < 1.29 is 9.84 Å². The minimum Gasteiger partial charge on any atom is -0.392 e. The van der Waals surface area contributed by atoms with Gasteiger partial charge in [0.2, 0.25) is 0 Å². The Morgan fingerprint density at radius 1 is 1.50 bits per heavy atom. The molecule has 1 rings (SSSR count). The molecule has 1 saturated heterocycles. The molecular weight excluding hydrogens is 178 g/mol. The fraction of sp³-hybridized carbons (Fsp3) is 1.00. The quantitative estimate of drug-likeness (QED) is 0.713. The molecule has 0 aromatic rings. The maximum atomic E-state index is 9.65. The van der Waals surface area contributed by atoms with Gasteiger partial charge >= 0.3 is 0 Å². The van der Waals surface area contributed by atoms with Crippen molar-refractivity contribution >= 4 is 0 Å². The predicted molar refractivity (Wildman–Crippen MR) is 57.2 cm³/mol. The standard InChI is InChI=1S/C11H23NO2/c1-8(2)11(13)6-12-10-4-5-14-7-9(10)3/h8-13H,4-7H2,1-3H3. The number of aliphatic hydroxyl groups is 1. The maximum absolute atomic E-state index is 9.65. The van der Waals surface area contributed by atoms with E-state index in [0.717, 1.165) is 19.6 Å². The summed E-state index contributed by atoms with van der Waals surface area (Å²) in [6, 6.07) is 0.511. The molecule has 0 radical (unpaired) electrons. The van der Waals surface area contributed by atoms with Crippen LogP contribution in [0.3, 0.4) is 0 Å². The minimum absolute atomic E-state index is 0.231. The Kier molecular flexibility index (Phi) is 4.85. The van der Waals surface area contributed by atoms with Crippen LogP contribution in [-0.2, 0) is 4.74 Å². The van der Waals surface area contributed by atoms with Crippen molar-refractivity contribution in [3.63, 3.8) is 0 Å². The van der Waals surface area contributed by atoms with Crippen molar-refractivity contribution in [2.24, 2.45) is 11.8 Å². The maximum Gasteiger partial charge on any atom is 0.0687 e. The summed E-state index contributed by atoms with van der Waals surface area (Å²) in [5.74, 6) is 0.890. The lowest BCUT2D eigenvalue weighted by Gasteiger charge is -2.31. The van der Waals surface area contributed by atoms with E-state index in [1.807, 2.05) is 13.8 Å². The van der Waals surface area contributed by atoms with E-state index in [0.29, 0.717) is 24.4 Å². The van der Waals surface area contributed by atoms with Crippen molar-refractivity contribution in [3.8, 4) is 0 Å². The Balaban J connectivity index is 2.22. The van der Waals surface area contributed by atoms with Crippen LogP contribution in [-0.4, -0.2) is 37.0 Å². The number of hydrogen-bond donors (Lipinski definition) is 2. The van der Waals surface area contributed by atoms with Gasteiger partial charge in [-0.2, -0.15) is 0 Å². The third kappa shape index (κ3) is 3.56. The van der Waals surface area contributed by atoms with Gasteiger partial charge in [-0.25, -0.2) is 0 Å². The van der Waals surface area contributed by atoms with Crippen LogP contribution in [0.1, 0.15) is 27.2 Å². The van der Waals surface area contributed by atoms with Crippen LogP contribution in [0.2, 0.25) is 0 Å². The summed E-state index contributed by atoms with van der Waals surface area (Å²) < 4.78 is 5.36. The first-order chi connectivity index (χ1) is 6.61. The molecule has 1 aliphatic rings. The zero-order chi connectivity index (χ0) is 10.6. The number of nitrogens with one attached hydrogen (secondary N) is 1. The highest BCUT2D eigenvalue weighted by Gasteiger charge is 2.22. The summed E-state index contributed by atoms with van der Waals surface area (Å²) in [4.78, 5) is 0. The summed E-state index contributed by atoms with van der Waals surface area (Å²) in [5, 5.41) is 13.1. The van der Waals surface area contributed by atoms with Crippen molar-refractivity contribution in [1.29, 1.82) is 0 Å². The molecule has 1 aliphatic heterocycles. The molecule has 84 valence electrons. The largest absolute Gasteiger partial charge is 0.392 e. The van der Waals surface area contributed by atoms with Gasteiger partial charge in [0.25, 0.3) is 0 Å². The van der Waals surface area contributed by atoms with E-state index in [1.165, 1.54) is 0 Å². The molecule has 3 heteroatoms. The predicted octanol–water partition coefficient (Wildman–Crippen LogP) is 1.02. The van der Waals surface area contributed by atoms with Gasteiger partial charge in [-0.1, -0.05) is 20.8 Å². The average molecular weight is 201 g/mol. The van der Waals surface area contributed by atoms with Gasteiger partial charge < -0.3 is 15.2 Å². The summed E-state index contributed by atoms with van der Waals surface area (Å²) in [7, 11) is 0. The van der Waals surface area contributed by atoms with Gasteiger partial charge in [0, 0.05) is 19.2 Å². The fourth-order valence-electron chi connectivity index (χ4n) is 1.69. The van der Waals surface area contributed by atoms with Crippen molar-refractivity contribution in [3.05, 3.63) is 0 Å². The Morgan fingerprint density at radius 2 is 2.21 bits per heavy atom. The molecule has 0 amide bonds. The second-order valence-corrected chi connectivity index (χ2v) is 4.67. The lowest BCUT2D eigenvalue weighted by molar-refractivity contribution is 0.0321. The highest BCUT2D eigenvalue weighted by Crippen LogP contribution is 2.14. The van der Waals surface area contributed by atoms with Gasteiger partial charge in [-0.05, 0) is 18.3 Å². The van der Waals surface area contributed by atoms with Crippen LogP contribution in [0.4, 0.5) is 0 Å². The average Bonchev–Trinajstić information content (AvgIpc) is 2.16. The van der Waals surface area contributed by atoms with Crippen molar-refractivity contribution in [2.45, 2.75) is 39.3 Å². The molecule has 0 saturated carbocycles. The van der Waals surface area contributed by atoms with Crippen LogP contribution < -0.4 is 5.32 Å². The zero-order valence-electron chi connectivity index (χ0n) is 9.49. The summed E-state index contributed by atoms with van der Waals surface area (Å²) >= 11 is 0. The summed E-state index contributed by atoms with van der Waals surface area (Å²) in [5.41, 5.74) is 0. The first kappa shape index (κ1) is 12.0. The van der Waals surface area contributed by atoms with E-state index in [2.05, 4.69) is 12.2 Å². The zero-order valence-corrected chi connectivity index (χ0v) is 9.49. The van der Waals surface area contributed by atoms with E-state index in [9.17, 15) is 5.11 Å². The second-order valence-electron chi connectivity index (χ2n) is 4.67. The molecule has 1 fully saturated rings. The Bertz CT molecular complexity index is 161. The van der Waals surface area contributed by atoms with Crippen molar-refractivity contribution in [1.82, 2.24) is 5.32 Å². The number of ether oxygens (including phenoxy) is 1. The third-order valence-electron chi connectivity index (χ3n) is 3.00. The van der Waals surface area contributed by atoms with Gasteiger partial charge in [0.15, 0.2) is 0 Å². The number of aliphatic hydroxyl groups excluding tert-OH is 1. The Morgan fingerprint density at radius 3 is 2.79 bits per heavy atom. The molecule has 3 nitrogen and oxygen atoms in total. The highest BCUT2D eigenvalue weighted by molar-refractivity contribution is 4.78. The Labute approximate surface area is 86.8 Å². The SMILES string of the molecule is CC(C)C(O)CNC1CCOCC1C. The number of hydrogen-bond acceptors (Lipinski definition) is 3. The van der Waals surface area contributed by atoms with E-state index in [-0.39, 0.29) is 6.10 Å². The molecule has 0 aliphatic carbocycles. The first-order valence-electron chi connectivity index (χ1n) is 5.60. The molecule has 2 N–H and O–H groups in total. The van der Waals surface area contributed by atoms with E-state index in [1.54, 1.807) is 0 Å². The smallest absolute Gasteiger partial charge is 0.0687 e. The van der Waals surface area contributed by atoms with Crippen LogP contribution >= 0.6 is 0 Å². The molecule has 3 atom stereocenters. The number of rotatable bonds is 4. The van der Waals surface area contributed by atoms with Crippen LogP contribution in [0.5, 0.6) is 0 Å². The monoisotopic (exact) mass is 201 g/mol. The van der Waals surface area contributed by atoms with E-state index < -0.39 is 0 Å². The Hall–Kier alpha value is -0.120.